The van der Waals surface area contributed by atoms with Gasteiger partial charge in [-0.15, -0.1) is 0 Å². The van der Waals surface area contributed by atoms with E-state index in [1.54, 1.807) is 0 Å². The maximum atomic E-state index is 2.29. The number of benzene rings is 2. The van der Waals surface area contributed by atoms with Crippen LogP contribution in [-0.4, -0.2) is 0 Å². The van der Waals surface area contributed by atoms with Crippen LogP contribution in [0.1, 0.15) is 44.5 Å². The van der Waals surface area contributed by atoms with Gasteiger partial charge in [0.1, 0.15) is 0 Å². The molecule has 0 heterocycles. The molecule has 0 aromatic heterocycles. The summed E-state index contributed by atoms with van der Waals surface area (Å²) in [5, 5.41) is 0. The molecule has 0 heteroatoms. The summed E-state index contributed by atoms with van der Waals surface area (Å²) >= 11 is 0. The lowest BCUT2D eigenvalue weighted by atomic mass is 9.83. The fourth-order valence-corrected chi connectivity index (χ4v) is 3.13. The van der Waals surface area contributed by atoms with E-state index in [0.717, 1.165) is 0 Å². The second-order valence-corrected chi connectivity index (χ2v) is 6.18. The number of rotatable bonds is 1. The molecule has 0 aliphatic rings. The van der Waals surface area contributed by atoms with Crippen LogP contribution >= 0.6 is 0 Å². The quantitative estimate of drug-likeness (QED) is 0.610. The highest BCUT2D eigenvalue weighted by molar-refractivity contribution is 5.78. The Hall–Kier alpha value is -1.56. The summed E-state index contributed by atoms with van der Waals surface area (Å²) < 4.78 is 0. The normalized spacial score (nSPS) is 11.0. The van der Waals surface area contributed by atoms with Gasteiger partial charge in [0, 0.05) is 0 Å². The lowest BCUT2D eigenvalue weighted by molar-refractivity contribution is 1.17. The Bertz CT molecular complexity index is 659. The number of hydrogen-bond donors (Lipinski definition) is 0. The first-order valence-corrected chi connectivity index (χ1v) is 7.41. The van der Waals surface area contributed by atoms with Crippen molar-refractivity contribution < 1.29 is 0 Å². The first kappa shape index (κ1) is 14.8. The molecule has 0 atom stereocenters. The van der Waals surface area contributed by atoms with Crippen LogP contribution < -0.4 is 0 Å². The molecule has 2 rings (SSSR count). The Labute approximate surface area is 123 Å². The van der Waals surface area contributed by atoms with Crippen molar-refractivity contribution in [1.82, 2.24) is 0 Å². The molecule has 0 radical (unpaired) electrons. The van der Waals surface area contributed by atoms with Crippen molar-refractivity contribution in [2.24, 2.45) is 0 Å². The Morgan fingerprint density at radius 2 is 0.900 bits per heavy atom. The maximum Gasteiger partial charge on any atom is -0.0117 e. The van der Waals surface area contributed by atoms with Gasteiger partial charge in [-0.25, -0.2) is 0 Å². The van der Waals surface area contributed by atoms with Crippen LogP contribution in [0.4, 0.5) is 0 Å². The standard InChI is InChI=1S/C20H26/c1-11-9-10-19(16(6)12(11)2)20-17(7)14(4)13(3)15(5)18(20)8/h9-10H,1-8H3. The summed E-state index contributed by atoms with van der Waals surface area (Å²) in [4.78, 5) is 0. The third-order valence-corrected chi connectivity index (χ3v) is 5.33. The summed E-state index contributed by atoms with van der Waals surface area (Å²) in [6.45, 7) is 17.9. The van der Waals surface area contributed by atoms with Gasteiger partial charge in [0.05, 0.1) is 0 Å². The minimum absolute atomic E-state index is 1.38. The van der Waals surface area contributed by atoms with Gasteiger partial charge in [-0.3, -0.25) is 0 Å². The van der Waals surface area contributed by atoms with E-state index in [0.29, 0.717) is 0 Å². The van der Waals surface area contributed by atoms with E-state index < -0.39 is 0 Å². The van der Waals surface area contributed by atoms with E-state index in [9.17, 15) is 0 Å². The first-order chi connectivity index (χ1) is 9.27. The van der Waals surface area contributed by atoms with Crippen molar-refractivity contribution in [2.75, 3.05) is 0 Å². The van der Waals surface area contributed by atoms with Crippen molar-refractivity contribution >= 4 is 0 Å². The molecule has 0 saturated heterocycles. The largest absolute Gasteiger partial charge is 0.0584 e. The van der Waals surface area contributed by atoms with Gasteiger partial charge in [0.25, 0.3) is 0 Å². The van der Waals surface area contributed by atoms with E-state index in [2.05, 4.69) is 67.5 Å². The summed E-state index contributed by atoms with van der Waals surface area (Å²) in [7, 11) is 0. The Kier molecular flexibility index (Phi) is 3.77. The highest BCUT2D eigenvalue weighted by Crippen LogP contribution is 2.36. The zero-order chi connectivity index (χ0) is 15.2. The van der Waals surface area contributed by atoms with Crippen LogP contribution in [0, 0.1) is 55.4 Å². The SMILES string of the molecule is Cc1ccc(-c2c(C)c(C)c(C)c(C)c2C)c(C)c1C. The maximum absolute atomic E-state index is 2.29. The van der Waals surface area contributed by atoms with Crippen LogP contribution in [0.5, 0.6) is 0 Å². The van der Waals surface area contributed by atoms with Crippen LogP contribution in [0.2, 0.25) is 0 Å². The van der Waals surface area contributed by atoms with Gasteiger partial charge in [-0.1, -0.05) is 12.1 Å². The van der Waals surface area contributed by atoms with E-state index >= 15 is 0 Å². The lowest BCUT2D eigenvalue weighted by Gasteiger charge is -2.21. The topological polar surface area (TPSA) is 0 Å². The van der Waals surface area contributed by atoms with E-state index in [1.807, 2.05) is 0 Å². The Morgan fingerprint density at radius 3 is 1.40 bits per heavy atom. The molecular weight excluding hydrogens is 240 g/mol. The lowest BCUT2D eigenvalue weighted by Crippen LogP contribution is -2.01. The highest BCUT2D eigenvalue weighted by atomic mass is 14.2. The first-order valence-electron chi connectivity index (χ1n) is 7.41. The number of hydrogen-bond acceptors (Lipinski definition) is 0. The molecule has 0 spiro atoms. The Morgan fingerprint density at radius 1 is 0.450 bits per heavy atom. The molecule has 0 N–H and O–H groups in total. The minimum atomic E-state index is 1.38. The van der Waals surface area contributed by atoms with Gasteiger partial charge >= 0.3 is 0 Å². The molecule has 0 aliphatic carbocycles. The van der Waals surface area contributed by atoms with Gasteiger partial charge in [-0.05, 0) is 111 Å². The monoisotopic (exact) mass is 266 g/mol. The van der Waals surface area contributed by atoms with Crippen LogP contribution in [0.3, 0.4) is 0 Å². The number of aryl methyl sites for hydroxylation is 1. The van der Waals surface area contributed by atoms with Gasteiger partial charge in [-0.2, -0.15) is 0 Å². The van der Waals surface area contributed by atoms with E-state index in [4.69, 9.17) is 0 Å². The second-order valence-electron chi connectivity index (χ2n) is 6.18. The minimum Gasteiger partial charge on any atom is -0.0584 e. The molecule has 0 saturated carbocycles. The zero-order valence-corrected chi connectivity index (χ0v) is 14.2. The smallest absolute Gasteiger partial charge is 0.0117 e. The summed E-state index contributed by atoms with van der Waals surface area (Å²) in [6, 6.07) is 4.54. The van der Waals surface area contributed by atoms with Crippen molar-refractivity contribution in [3.8, 4) is 11.1 Å². The molecule has 106 valence electrons. The van der Waals surface area contributed by atoms with Crippen molar-refractivity contribution in [3.05, 3.63) is 56.6 Å². The molecule has 0 fully saturated rings. The molecule has 20 heavy (non-hydrogen) atoms. The van der Waals surface area contributed by atoms with E-state index in [-0.39, 0.29) is 0 Å². The molecule has 0 amide bonds. The van der Waals surface area contributed by atoms with Gasteiger partial charge < -0.3 is 0 Å². The van der Waals surface area contributed by atoms with Gasteiger partial charge in [0.15, 0.2) is 0 Å². The molecule has 0 nitrogen and oxygen atoms in total. The zero-order valence-electron chi connectivity index (χ0n) is 14.2. The van der Waals surface area contributed by atoms with Crippen molar-refractivity contribution in [3.63, 3.8) is 0 Å². The molecule has 2 aromatic rings. The van der Waals surface area contributed by atoms with Crippen LogP contribution in [-0.2, 0) is 0 Å². The van der Waals surface area contributed by atoms with Crippen LogP contribution in [0.15, 0.2) is 12.1 Å². The summed E-state index contributed by atoms with van der Waals surface area (Å²) in [5.41, 5.74) is 14.2. The average Bonchev–Trinajstić information content (AvgIpc) is 2.43. The molecule has 0 unspecified atom stereocenters. The van der Waals surface area contributed by atoms with Crippen molar-refractivity contribution in [2.45, 2.75) is 55.4 Å². The fraction of sp³-hybridized carbons (Fsp3) is 0.400. The fourth-order valence-electron chi connectivity index (χ4n) is 3.13. The predicted octanol–water partition coefficient (Wildman–Crippen LogP) is 5.82. The second kappa shape index (κ2) is 5.09. The third-order valence-electron chi connectivity index (χ3n) is 5.33. The van der Waals surface area contributed by atoms with Crippen molar-refractivity contribution in [1.29, 1.82) is 0 Å². The molecule has 0 bridgehead atoms. The summed E-state index contributed by atoms with van der Waals surface area (Å²) in [6.07, 6.45) is 0. The third kappa shape index (κ3) is 2.08. The molecular formula is C20H26. The van der Waals surface area contributed by atoms with E-state index in [1.165, 1.54) is 55.6 Å². The molecule has 2 aromatic carbocycles. The van der Waals surface area contributed by atoms with Crippen LogP contribution in [0.25, 0.3) is 11.1 Å². The summed E-state index contributed by atoms with van der Waals surface area (Å²) in [5.74, 6) is 0. The van der Waals surface area contributed by atoms with Gasteiger partial charge in [0.2, 0.25) is 0 Å². The molecule has 0 aliphatic heterocycles. The average molecular weight is 266 g/mol. The Balaban J connectivity index is 2.87. The highest BCUT2D eigenvalue weighted by Gasteiger charge is 2.16. The predicted molar refractivity (Wildman–Crippen MR) is 89.8 cm³/mol.